The molecule has 7 aliphatic rings. The smallest absolute Gasteiger partial charge is 0.385 e. The van der Waals surface area contributed by atoms with Crippen LogP contribution >= 0.6 is 0 Å². The third-order valence-electron chi connectivity index (χ3n) is 25.1. The van der Waals surface area contributed by atoms with E-state index in [1.807, 2.05) is 177 Å². The number of nitro groups is 2. The zero-order valence-electron chi connectivity index (χ0n) is 72.6. The number of hydrogen-bond acceptors (Lipinski definition) is 16. The van der Waals surface area contributed by atoms with Gasteiger partial charge >= 0.3 is 5.69 Å². The summed E-state index contributed by atoms with van der Waals surface area (Å²) in [5.41, 5.74) is 17.1. The molecule has 0 atom stereocenters. The Hall–Kier alpha value is -11.6. The Balaban J connectivity index is 0.000000248. The number of carbonyl (C=O) groups is 9. The summed E-state index contributed by atoms with van der Waals surface area (Å²) in [5, 5.41) is 43.9. The second kappa shape index (κ2) is 41.9. The number of fused-ring (bicyclic) bond motifs is 7. The molecule has 0 aliphatic carbocycles. The molecule has 7 heterocycles. The van der Waals surface area contributed by atoms with E-state index in [2.05, 4.69) is 49.4 Å². The summed E-state index contributed by atoms with van der Waals surface area (Å²) in [6.45, 7) is 36.8. The Bertz CT molecular complexity index is 4980. The number of halogens is 1. The van der Waals surface area contributed by atoms with Gasteiger partial charge in [0, 0.05) is 111 Å². The maximum atomic E-state index is 12.6. The third kappa shape index (κ3) is 17.8. The number of nitro benzene ring substituents is 2. The molecular weight excluding hydrogens is 1550 g/mol. The average Bonchev–Trinajstić information content (AvgIpc) is 1.59. The molecule has 7 aromatic rings. The van der Waals surface area contributed by atoms with Gasteiger partial charge < -0.3 is 54.1 Å². The summed E-state index contributed by atoms with van der Waals surface area (Å²) in [5.74, 6) is -0.0611. The molecule has 7 N–H and O–H groups in total. The second-order valence-corrected chi connectivity index (χ2v) is 29.9. The monoisotopic (exact) mass is 1670 g/mol. The van der Waals surface area contributed by atoms with E-state index in [1.54, 1.807) is 42.2 Å². The Labute approximate surface area is 710 Å². The SMILES string of the molecule is CC(=O)N1C(=O)Cc2ccccc21.CCC1(CC)C(=O)N(C(C)=O)c2ccccc21.CCC1(CC)C(=O)Nc2ccc([N+](=O)[O-])cc21.CCC1(CC)C(=O)Nc2ccccc21.CCN1C(=O)C(CC)(CC)c2cc(N)ccc21.CCN1C(=O)C(CC)(CC)c2cc([N+]#N)ccc21.CCN1C(=O)C(CC)(CC)c2cc([N+](=O)[O-])ccc21.CCO.O.[Cl-]. The third-order valence-corrected chi connectivity index (χ3v) is 25.1. The number of amides is 9. The lowest BCUT2D eigenvalue weighted by Crippen LogP contribution is -3.00. The van der Waals surface area contributed by atoms with Crippen molar-refractivity contribution in [3.63, 3.8) is 0 Å². The Morgan fingerprint density at radius 1 is 0.425 bits per heavy atom. The van der Waals surface area contributed by atoms with Gasteiger partial charge in [-0.25, -0.2) is 4.90 Å². The van der Waals surface area contributed by atoms with Crippen LogP contribution in [0.15, 0.2) is 146 Å². The van der Waals surface area contributed by atoms with Crippen LogP contribution in [0.25, 0.3) is 4.98 Å². The number of para-hydroxylation sites is 3. The van der Waals surface area contributed by atoms with Gasteiger partial charge in [0.25, 0.3) is 11.4 Å². The van der Waals surface area contributed by atoms with Gasteiger partial charge in [-0.1, -0.05) is 138 Å². The molecule has 0 saturated carbocycles. The second-order valence-electron chi connectivity index (χ2n) is 29.9. The first-order valence-electron chi connectivity index (χ1n) is 41.4. The van der Waals surface area contributed by atoms with E-state index in [9.17, 15) is 63.4 Å². The number of nitrogens with zero attached hydrogens (tertiary/aromatic N) is 9. The van der Waals surface area contributed by atoms with Gasteiger partial charge in [-0.05, 0) is 198 Å². The fourth-order valence-electron chi connectivity index (χ4n) is 18.0. The Morgan fingerprint density at radius 2 is 0.767 bits per heavy atom. The van der Waals surface area contributed by atoms with Gasteiger partial charge in [-0.15, -0.1) is 0 Å². The van der Waals surface area contributed by atoms with Gasteiger partial charge in [0.15, 0.2) is 4.98 Å². The van der Waals surface area contributed by atoms with E-state index < -0.39 is 31.5 Å². The van der Waals surface area contributed by atoms with Crippen LogP contribution in [0.4, 0.5) is 62.6 Å². The molecule has 14 rings (SSSR count). The van der Waals surface area contributed by atoms with E-state index in [0.717, 1.165) is 137 Å². The molecule has 28 heteroatoms. The summed E-state index contributed by atoms with van der Waals surface area (Å²) < 4.78 is 0. The van der Waals surface area contributed by atoms with Crippen molar-refractivity contribution in [2.75, 3.05) is 67.1 Å². The zero-order chi connectivity index (χ0) is 87.7. The molecule has 7 aromatic carbocycles. The van der Waals surface area contributed by atoms with Crippen LogP contribution in [0.5, 0.6) is 0 Å². The van der Waals surface area contributed by atoms with Crippen LogP contribution in [-0.2, 0) is 82.1 Å². The number of nitrogens with two attached hydrogens (primary N) is 1. The number of carbonyl (C=O) groups excluding carboxylic acids is 9. The number of aliphatic hydroxyl groups is 1. The van der Waals surface area contributed by atoms with Gasteiger partial charge in [-0.2, -0.15) is 0 Å². The van der Waals surface area contributed by atoms with Crippen molar-refractivity contribution in [1.29, 1.82) is 5.39 Å². The number of diazo groups is 1. The van der Waals surface area contributed by atoms with Crippen LogP contribution < -0.4 is 53.3 Å². The molecule has 0 saturated heterocycles. The Kier molecular flexibility index (Phi) is 34.5. The van der Waals surface area contributed by atoms with Crippen LogP contribution in [0.3, 0.4) is 0 Å². The quantitative estimate of drug-likeness (QED) is 0.0285. The molecule has 644 valence electrons. The number of benzene rings is 7. The highest BCUT2D eigenvalue weighted by Gasteiger charge is 2.53. The minimum Gasteiger partial charge on any atom is -1.00 e. The molecular formula is C92H119ClN12O15. The van der Waals surface area contributed by atoms with Crippen LogP contribution in [0.2, 0.25) is 0 Å². The van der Waals surface area contributed by atoms with Crippen molar-refractivity contribution < 1.29 is 76.0 Å². The Morgan fingerprint density at radius 3 is 1.18 bits per heavy atom. The molecule has 9 amide bonds. The highest BCUT2D eigenvalue weighted by Crippen LogP contribution is 2.52. The maximum Gasteiger partial charge on any atom is 0.385 e. The van der Waals surface area contributed by atoms with Crippen molar-refractivity contribution in [3.05, 3.63) is 210 Å². The van der Waals surface area contributed by atoms with Crippen molar-refractivity contribution in [1.82, 2.24) is 0 Å². The summed E-state index contributed by atoms with van der Waals surface area (Å²) in [6.07, 6.45) is 9.32. The highest BCUT2D eigenvalue weighted by molar-refractivity contribution is 6.22. The van der Waals surface area contributed by atoms with Gasteiger partial charge in [0.05, 0.1) is 60.1 Å². The largest absolute Gasteiger partial charge is 1.00 e. The number of nitrogens with one attached hydrogen (secondary N) is 2. The minimum atomic E-state index is -0.610. The van der Waals surface area contributed by atoms with E-state index in [-0.39, 0.29) is 99.9 Å². The fourth-order valence-corrected chi connectivity index (χ4v) is 18.0. The molecule has 120 heavy (non-hydrogen) atoms. The summed E-state index contributed by atoms with van der Waals surface area (Å²) in [4.78, 5) is 140. The first kappa shape index (κ1) is 99.0. The molecule has 0 spiro atoms. The van der Waals surface area contributed by atoms with Crippen molar-refractivity contribution in [2.45, 2.75) is 241 Å². The van der Waals surface area contributed by atoms with E-state index in [1.165, 1.54) is 41.8 Å². The number of anilines is 8. The number of rotatable bonds is 17. The predicted molar refractivity (Wildman–Crippen MR) is 469 cm³/mol. The average molecular weight is 1670 g/mol. The zero-order valence-corrected chi connectivity index (χ0v) is 73.4. The van der Waals surface area contributed by atoms with Crippen LogP contribution in [0.1, 0.15) is 241 Å². The molecule has 27 nitrogen and oxygen atoms in total. The van der Waals surface area contributed by atoms with Crippen molar-refractivity contribution >= 4 is 116 Å². The lowest BCUT2D eigenvalue weighted by Gasteiger charge is -2.25. The number of aliphatic hydroxyl groups excluding tert-OH is 1. The first-order valence-corrected chi connectivity index (χ1v) is 41.4. The molecule has 0 aromatic heterocycles. The van der Waals surface area contributed by atoms with Gasteiger partial charge in [0.2, 0.25) is 58.6 Å². The van der Waals surface area contributed by atoms with Crippen molar-refractivity contribution in [3.8, 4) is 0 Å². The normalized spacial score (nSPS) is 16.1. The summed E-state index contributed by atoms with van der Waals surface area (Å²) >= 11 is 0. The number of nitrogen functional groups attached to an aromatic ring is 1. The predicted octanol–water partition coefficient (Wildman–Crippen LogP) is 14.5. The lowest BCUT2D eigenvalue weighted by atomic mass is 9.77. The number of imide groups is 2. The van der Waals surface area contributed by atoms with Crippen molar-refractivity contribution in [2.24, 2.45) is 0 Å². The van der Waals surface area contributed by atoms with Crippen LogP contribution in [0, 0.1) is 25.6 Å². The summed E-state index contributed by atoms with van der Waals surface area (Å²) in [6, 6.07) is 43.5. The highest BCUT2D eigenvalue weighted by atomic mass is 35.5. The molecule has 0 bridgehead atoms. The maximum absolute atomic E-state index is 12.6. The van der Waals surface area contributed by atoms with Gasteiger partial charge in [-0.3, -0.25) is 68.3 Å². The first-order chi connectivity index (χ1) is 56.2. The number of likely N-dealkylation sites (N-methyl/N-ethyl adjacent to an activating group) is 3. The van der Waals surface area contributed by atoms with E-state index in [0.29, 0.717) is 56.6 Å². The van der Waals surface area contributed by atoms with Crippen LogP contribution in [-0.4, -0.2) is 99.8 Å². The number of hydrogen-bond donors (Lipinski definition) is 4. The standard InChI is InChI=1S/C14H18N3O.C14H18N2O3.C14H20N2O.C14H17NO2.C12H14N2O3.C12H15NO.C10H9NO2.C2H6O.ClH.H2O/c1-4-14(5-2)11-9-10(16-15)7-8-12(11)17(6-3)13(14)18;1-4-14(5-2)11-9-10(16(18)19)7-8-12(11)15(6-3)13(14)17;1-4-14(5-2)11-9-10(15)7-8-12(11)16(6-3)13(14)17;1-4-14(5-2)11-8-6-7-9-12(11)15(10(3)16)13(14)17;1-3-12(4-2)9-7-8(14(16)17)5-6-10(9)13-11(12)15;1-3-12(4-2)9-7-5-6-8-10(9)13-11(12)14;1-7(12)11-9-5-3-2-4-8(9)6-10(11)13;1-2-3;;/h7-9H,4-6H2,1-3H3;7-9H,4-6H2,1-3H3;7-9H,4-6,15H2,1-3H3;6-9H,4-5H2,1-3H3;5-7H,3-4H2,1-2H3,(H,13,15);5-8H,3-4H2,1-2H3,(H,13,14);2-5H,6H2,1H3;3H,2H2,1H3;1H;1H2/q+1;;;;;;;;;/p-1. The lowest BCUT2D eigenvalue weighted by molar-refractivity contribution is -0.385. The molecule has 0 unspecified atom stereocenters. The van der Waals surface area contributed by atoms with Gasteiger partial charge in [0.1, 0.15) is 0 Å². The summed E-state index contributed by atoms with van der Waals surface area (Å²) in [7, 11) is 0. The van der Waals surface area contributed by atoms with E-state index >= 15 is 0 Å². The molecule has 0 fully saturated rings. The molecule has 7 aliphatic heterocycles. The van der Waals surface area contributed by atoms with E-state index in [4.69, 9.17) is 16.2 Å². The fraction of sp³-hybridized carbons (Fsp3) is 0.446. The number of non-ortho nitro benzene ring substituents is 2. The molecule has 0 radical (unpaired) electrons. The topological polar surface area (TPSA) is 386 Å². The minimum absolute atomic E-state index is 0.